The lowest BCUT2D eigenvalue weighted by atomic mass is 10.2. The van der Waals surface area contributed by atoms with E-state index in [2.05, 4.69) is 15.5 Å². The second-order valence-electron chi connectivity index (χ2n) is 5.75. The molecule has 0 spiro atoms. The Morgan fingerprint density at radius 3 is 2.68 bits per heavy atom. The van der Waals surface area contributed by atoms with Crippen LogP contribution in [0.15, 0.2) is 42.5 Å². The Bertz CT molecular complexity index is 926. The molecule has 2 heterocycles. The lowest BCUT2D eigenvalue weighted by Gasteiger charge is -1.96. The molecule has 3 aromatic rings. The first-order valence-corrected chi connectivity index (χ1v) is 9.49. The number of hydrogen-bond acceptors (Lipinski definition) is 5. The summed E-state index contributed by atoms with van der Waals surface area (Å²) in [5, 5.41) is 12.4. The van der Waals surface area contributed by atoms with E-state index >= 15 is 0 Å². The average molecular weight is 371 g/mol. The summed E-state index contributed by atoms with van der Waals surface area (Å²) < 4.78 is 13.0. The molecule has 1 N–H and O–H groups in total. The summed E-state index contributed by atoms with van der Waals surface area (Å²) in [4.78, 5) is 14.0. The van der Waals surface area contributed by atoms with Crippen LogP contribution >= 0.6 is 22.7 Å². The van der Waals surface area contributed by atoms with E-state index in [0.717, 1.165) is 33.2 Å². The quantitative estimate of drug-likeness (QED) is 0.647. The topological polar surface area (TPSA) is 54.9 Å². The number of amides is 1. The Labute approximate surface area is 152 Å². The number of nitrogens with one attached hydrogen (secondary N) is 1. The maximum absolute atomic E-state index is 13.0. The highest BCUT2D eigenvalue weighted by Crippen LogP contribution is 2.42. The van der Waals surface area contributed by atoms with Crippen molar-refractivity contribution in [2.24, 2.45) is 0 Å². The Kier molecular flexibility index (Phi) is 4.42. The predicted molar refractivity (Wildman–Crippen MR) is 99.3 cm³/mol. The van der Waals surface area contributed by atoms with Crippen LogP contribution in [0.2, 0.25) is 0 Å². The van der Waals surface area contributed by atoms with Crippen molar-refractivity contribution in [2.75, 3.05) is 5.32 Å². The van der Waals surface area contributed by atoms with Gasteiger partial charge in [-0.2, -0.15) is 0 Å². The first-order chi connectivity index (χ1) is 12.2. The third kappa shape index (κ3) is 4.00. The van der Waals surface area contributed by atoms with Gasteiger partial charge in [0.2, 0.25) is 11.0 Å². The second-order valence-corrected chi connectivity index (χ2v) is 7.88. The molecule has 1 amide bonds. The molecule has 1 aromatic carbocycles. The van der Waals surface area contributed by atoms with Gasteiger partial charge in [-0.25, -0.2) is 4.39 Å². The SMILES string of the molecule is O=C(/C=C/c1ccc(-c2ccc(F)cc2)s1)Nc1nnc(C2CC2)s1. The average Bonchev–Trinajstić information content (AvgIpc) is 3.17. The van der Waals surface area contributed by atoms with E-state index in [0.29, 0.717) is 11.0 Å². The molecule has 1 aliphatic rings. The van der Waals surface area contributed by atoms with Crippen LogP contribution in [-0.2, 0) is 4.79 Å². The van der Waals surface area contributed by atoms with Crippen LogP contribution in [0.5, 0.6) is 0 Å². The van der Waals surface area contributed by atoms with Gasteiger partial charge in [-0.3, -0.25) is 10.1 Å². The van der Waals surface area contributed by atoms with Crippen LogP contribution < -0.4 is 5.32 Å². The van der Waals surface area contributed by atoms with Crippen molar-refractivity contribution in [1.82, 2.24) is 10.2 Å². The molecule has 0 aliphatic heterocycles. The zero-order valence-electron chi connectivity index (χ0n) is 13.1. The summed E-state index contributed by atoms with van der Waals surface area (Å²) in [5.41, 5.74) is 0.956. The van der Waals surface area contributed by atoms with Gasteiger partial charge in [0.25, 0.3) is 0 Å². The highest BCUT2D eigenvalue weighted by molar-refractivity contribution is 7.16. The molecule has 2 aromatic heterocycles. The molecule has 7 heteroatoms. The monoisotopic (exact) mass is 371 g/mol. The summed E-state index contributed by atoms with van der Waals surface area (Å²) in [6.45, 7) is 0. The fourth-order valence-corrected chi connectivity index (χ4v) is 4.13. The van der Waals surface area contributed by atoms with Gasteiger partial charge >= 0.3 is 0 Å². The number of carbonyl (C=O) groups excluding carboxylic acids is 1. The van der Waals surface area contributed by atoms with Crippen LogP contribution in [0.4, 0.5) is 9.52 Å². The Hall–Kier alpha value is -2.38. The third-order valence-corrected chi connectivity index (χ3v) is 5.85. The minimum atomic E-state index is -0.251. The van der Waals surface area contributed by atoms with E-state index in [9.17, 15) is 9.18 Å². The normalized spacial score (nSPS) is 14.1. The molecule has 25 heavy (non-hydrogen) atoms. The minimum Gasteiger partial charge on any atom is -0.297 e. The minimum absolute atomic E-state index is 0.227. The summed E-state index contributed by atoms with van der Waals surface area (Å²) in [6, 6.07) is 10.3. The van der Waals surface area contributed by atoms with Gasteiger partial charge in [-0.15, -0.1) is 21.5 Å². The zero-order chi connectivity index (χ0) is 17.2. The maximum atomic E-state index is 13.0. The highest BCUT2D eigenvalue weighted by Gasteiger charge is 2.27. The van der Waals surface area contributed by atoms with Gasteiger partial charge in [0.05, 0.1) is 0 Å². The van der Waals surface area contributed by atoms with E-state index in [1.54, 1.807) is 29.5 Å². The molecule has 4 nitrogen and oxygen atoms in total. The Morgan fingerprint density at radius 1 is 1.12 bits per heavy atom. The summed E-state index contributed by atoms with van der Waals surface area (Å²) in [7, 11) is 0. The Morgan fingerprint density at radius 2 is 1.92 bits per heavy atom. The molecular formula is C18H14FN3OS2. The number of aromatic nitrogens is 2. The number of halogens is 1. The molecule has 0 radical (unpaired) electrons. The largest absolute Gasteiger partial charge is 0.297 e. The van der Waals surface area contributed by atoms with Gasteiger partial charge in [0.15, 0.2) is 0 Å². The highest BCUT2D eigenvalue weighted by atomic mass is 32.1. The van der Waals surface area contributed by atoms with Crippen molar-refractivity contribution in [2.45, 2.75) is 18.8 Å². The second kappa shape index (κ2) is 6.85. The first-order valence-electron chi connectivity index (χ1n) is 7.85. The van der Waals surface area contributed by atoms with Crippen LogP contribution in [-0.4, -0.2) is 16.1 Å². The Balaban J connectivity index is 1.39. The first kappa shape index (κ1) is 16.1. The number of rotatable bonds is 5. The number of carbonyl (C=O) groups is 1. The molecule has 0 unspecified atom stereocenters. The van der Waals surface area contributed by atoms with Crippen LogP contribution in [0, 0.1) is 5.82 Å². The summed E-state index contributed by atoms with van der Waals surface area (Å²) in [5.74, 6) is 0.0588. The number of anilines is 1. The van der Waals surface area contributed by atoms with Crippen LogP contribution in [0.3, 0.4) is 0 Å². The van der Waals surface area contributed by atoms with Crippen molar-refractivity contribution in [3.05, 3.63) is 58.2 Å². The van der Waals surface area contributed by atoms with E-state index in [1.165, 1.54) is 29.5 Å². The lowest BCUT2D eigenvalue weighted by molar-refractivity contribution is -0.111. The molecule has 0 saturated heterocycles. The van der Waals surface area contributed by atoms with Gasteiger partial charge in [-0.05, 0) is 48.7 Å². The van der Waals surface area contributed by atoms with E-state index in [1.807, 2.05) is 12.1 Å². The van der Waals surface area contributed by atoms with Gasteiger partial charge in [0.1, 0.15) is 10.8 Å². The van der Waals surface area contributed by atoms with Crippen LogP contribution in [0.25, 0.3) is 16.5 Å². The molecule has 1 saturated carbocycles. The molecule has 1 fully saturated rings. The smallest absolute Gasteiger partial charge is 0.250 e. The predicted octanol–water partition coefficient (Wildman–Crippen LogP) is 4.94. The standard InChI is InChI=1S/C18H14FN3OS2/c19-13-5-3-11(4-6-13)15-9-7-14(24-15)8-10-16(23)20-18-22-21-17(25-18)12-1-2-12/h3-10,12H,1-2H2,(H,20,22,23)/b10-8+. The van der Waals surface area contributed by atoms with Crippen LogP contribution in [0.1, 0.15) is 28.6 Å². The van der Waals surface area contributed by atoms with Crippen molar-refractivity contribution in [3.8, 4) is 10.4 Å². The maximum Gasteiger partial charge on any atom is 0.250 e. The van der Waals surface area contributed by atoms with E-state index in [4.69, 9.17) is 0 Å². The molecular weight excluding hydrogens is 357 g/mol. The van der Waals surface area contributed by atoms with E-state index in [-0.39, 0.29) is 11.7 Å². The van der Waals surface area contributed by atoms with Gasteiger partial charge < -0.3 is 0 Å². The molecule has 0 bridgehead atoms. The third-order valence-electron chi connectivity index (χ3n) is 3.75. The van der Waals surface area contributed by atoms with Crippen molar-refractivity contribution >= 4 is 39.8 Å². The van der Waals surface area contributed by atoms with Crippen molar-refractivity contribution in [3.63, 3.8) is 0 Å². The number of thiophene rings is 1. The van der Waals surface area contributed by atoms with E-state index < -0.39 is 0 Å². The zero-order valence-corrected chi connectivity index (χ0v) is 14.7. The van der Waals surface area contributed by atoms with Gasteiger partial charge in [0, 0.05) is 21.7 Å². The number of benzene rings is 1. The van der Waals surface area contributed by atoms with Crippen molar-refractivity contribution < 1.29 is 9.18 Å². The summed E-state index contributed by atoms with van der Waals surface area (Å²) >= 11 is 2.98. The summed E-state index contributed by atoms with van der Waals surface area (Å²) in [6.07, 6.45) is 5.57. The molecule has 1 aliphatic carbocycles. The number of hydrogen-bond donors (Lipinski definition) is 1. The van der Waals surface area contributed by atoms with Gasteiger partial charge in [-0.1, -0.05) is 23.5 Å². The fraction of sp³-hybridized carbons (Fsp3) is 0.167. The molecule has 4 rings (SSSR count). The van der Waals surface area contributed by atoms with Crippen molar-refractivity contribution in [1.29, 1.82) is 0 Å². The molecule has 126 valence electrons. The fourth-order valence-electron chi connectivity index (χ4n) is 2.30. The lowest BCUT2D eigenvalue weighted by Crippen LogP contribution is -2.07. The molecule has 0 atom stereocenters. The number of nitrogens with zero attached hydrogens (tertiary/aromatic N) is 2.